The van der Waals surface area contributed by atoms with E-state index in [0.717, 1.165) is 11.1 Å². The van der Waals surface area contributed by atoms with Gasteiger partial charge in [-0.1, -0.05) is 30.3 Å². The van der Waals surface area contributed by atoms with Crippen LogP contribution in [-0.2, 0) is 22.6 Å². The number of aliphatic carboxylic acids is 1. The number of hydrogen-bond acceptors (Lipinski definition) is 4. The number of carbonyl (C=O) groups is 3. The average Bonchev–Trinajstić information content (AvgIpc) is 2.70. The van der Waals surface area contributed by atoms with Gasteiger partial charge in [-0.15, -0.1) is 0 Å². The predicted octanol–water partition coefficient (Wildman–Crippen LogP) is 1.46. The normalized spacial score (nSPS) is 15.6. The van der Waals surface area contributed by atoms with Crippen LogP contribution in [0.4, 0.5) is 0 Å². The Hall–Kier alpha value is -3.35. The number of benzene rings is 2. The lowest BCUT2D eigenvalue weighted by molar-refractivity contribution is -0.150. The first-order valence-corrected chi connectivity index (χ1v) is 8.51. The Morgan fingerprint density at radius 3 is 2.59 bits per heavy atom. The van der Waals surface area contributed by atoms with Gasteiger partial charge in [0.05, 0.1) is 13.7 Å². The smallest absolute Gasteiger partial charge is 0.326 e. The largest absolute Gasteiger partial charge is 0.497 e. The van der Waals surface area contributed by atoms with Crippen molar-refractivity contribution in [2.45, 2.75) is 19.0 Å². The number of fused-ring (bicyclic) bond motifs is 1. The van der Waals surface area contributed by atoms with E-state index in [1.54, 1.807) is 24.3 Å². The molecule has 1 aliphatic heterocycles. The second kappa shape index (κ2) is 7.90. The third-order valence-corrected chi connectivity index (χ3v) is 4.59. The predicted molar refractivity (Wildman–Crippen MR) is 97.4 cm³/mol. The van der Waals surface area contributed by atoms with Gasteiger partial charge in [0.2, 0.25) is 5.91 Å². The molecule has 0 fully saturated rings. The number of rotatable bonds is 5. The maximum absolute atomic E-state index is 12.6. The van der Waals surface area contributed by atoms with E-state index in [9.17, 15) is 19.5 Å². The highest BCUT2D eigenvalue weighted by Crippen LogP contribution is 2.23. The monoisotopic (exact) mass is 368 g/mol. The van der Waals surface area contributed by atoms with Crippen LogP contribution >= 0.6 is 0 Å². The van der Waals surface area contributed by atoms with E-state index < -0.39 is 23.8 Å². The molecule has 1 unspecified atom stereocenters. The van der Waals surface area contributed by atoms with Crippen LogP contribution in [0, 0.1) is 0 Å². The molecular weight excluding hydrogens is 348 g/mol. The Labute approximate surface area is 156 Å². The fraction of sp³-hybridized carbons (Fsp3) is 0.250. The van der Waals surface area contributed by atoms with E-state index in [2.05, 4.69) is 5.32 Å². The third-order valence-electron chi connectivity index (χ3n) is 4.59. The molecule has 0 aliphatic carbocycles. The minimum absolute atomic E-state index is 0.209. The molecule has 3 rings (SSSR count). The highest BCUT2D eigenvalue weighted by molar-refractivity contribution is 5.97. The SMILES string of the molecule is COc1cccc(C(=O)NCC(=O)N2Cc3ccccc3CC2C(=O)O)c1. The van der Waals surface area contributed by atoms with Gasteiger partial charge in [-0.2, -0.15) is 0 Å². The zero-order valence-corrected chi connectivity index (χ0v) is 14.8. The number of nitrogens with zero attached hydrogens (tertiary/aromatic N) is 1. The quantitative estimate of drug-likeness (QED) is 0.833. The molecule has 0 aromatic heterocycles. The number of amides is 2. The molecule has 0 bridgehead atoms. The molecule has 27 heavy (non-hydrogen) atoms. The number of methoxy groups -OCH3 is 1. The minimum atomic E-state index is -1.06. The topological polar surface area (TPSA) is 95.9 Å². The van der Waals surface area contributed by atoms with E-state index in [4.69, 9.17) is 4.74 Å². The zero-order valence-electron chi connectivity index (χ0n) is 14.8. The van der Waals surface area contributed by atoms with Crippen LogP contribution in [0.2, 0.25) is 0 Å². The lowest BCUT2D eigenvalue weighted by Crippen LogP contribution is -2.51. The minimum Gasteiger partial charge on any atom is -0.497 e. The van der Waals surface area contributed by atoms with E-state index in [0.29, 0.717) is 11.3 Å². The number of carboxylic acids is 1. The number of nitrogens with one attached hydrogen (secondary N) is 1. The summed E-state index contributed by atoms with van der Waals surface area (Å²) >= 11 is 0. The Morgan fingerprint density at radius 1 is 1.15 bits per heavy atom. The van der Waals surface area contributed by atoms with Crippen molar-refractivity contribution in [1.82, 2.24) is 10.2 Å². The van der Waals surface area contributed by atoms with Crippen LogP contribution in [-0.4, -0.2) is 47.5 Å². The number of carboxylic acid groups (broad SMARTS) is 1. The molecule has 1 atom stereocenters. The van der Waals surface area contributed by atoms with Gasteiger partial charge < -0.3 is 20.1 Å². The van der Waals surface area contributed by atoms with Gasteiger partial charge >= 0.3 is 5.97 Å². The fourth-order valence-corrected chi connectivity index (χ4v) is 3.13. The molecule has 140 valence electrons. The summed E-state index contributed by atoms with van der Waals surface area (Å²) in [4.78, 5) is 37.8. The van der Waals surface area contributed by atoms with E-state index in [1.807, 2.05) is 24.3 Å². The summed E-state index contributed by atoms with van der Waals surface area (Å²) < 4.78 is 5.08. The number of ether oxygens (including phenoxy) is 1. The molecule has 0 radical (unpaired) electrons. The van der Waals surface area contributed by atoms with Crippen molar-refractivity contribution in [3.8, 4) is 5.75 Å². The first-order chi connectivity index (χ1) is 13.0. The van der Waals surface area contributed by atoms with Crippen molar-refractivity contribution in [1.29, 1.82) is 0 Å². The van der Waals surface area contributed by atoms with Crippen LogP contribution in [0.5, 0.6) is 5.75 Å². The van der Waals surface area contributed by atoms with Crippen molar-refractivity contribution in [2.75, 3.05) is 13.7 Å². The molecule has 0 saturated carbocycles. The molecule has 0 spiro atoms. The van der Waals surface area contributed by atoms with Gasteiger partial charge in [-0.25, -0.2) is 4.79 Å². The molecule has 2 aromatic rings. The summed E-state index contributed by atoms with van der Waals surface area (Å²) in [5.74, 6) is -1.38. The summed E-state index contributed by atoms with van der Waals surface area (Å²) in [5.41, 5.74) is 2.21. The fourth-order valence-electron chi connectivity index (χ4n) is 3.13. The van der Waals surface area contributed by atoms with Gasteiger partial charge in [-0.05, 0) is 29.3 Å². The van der Waals surface area contributed by atoms with Crippen LogP contribution < -0.4 is 10.1 Å². The molecule has 2 N–H and O–H groups in total. The number of carbonyl (C=O) groups excluding carboxylic acids is 2. The van der Waals surface area contributed by atoms with E-state index >= 15 is 0 Å². The van der Waals surface area contributed by atoms with Crippen LogP contribution in [0.1, 0.15) is 21.5 Å². The standard InChI is InChI=1S/C20H20N2O5/c1-27-16-8-4-7-14(9-16)19(24)21-11-18(23)22-12-15-6-3-2-5-13(15)10-17(22)20(25)26/h2-9,17H,10-12H2,1H3,(H,21,24)(H,25,26). The number of hydrogen-bond donors (Lipinski definition) is 2. The Morgan fingerprint density at radius 2 is 1.89 bits per heavy atom. The first-order valence-electron chi connectivity index (χ1n) is 8.51. The van der Waals surface area contributed by atoms with Crippen molar-refractivity contribution >= 4 is 17.8 Å². The van der Waals surface area contributed by atoms with Crippen LogP contribution in [0.15, 0.2) is 48.5 Å². The molecule has 0 saturated heterocycles. The second-order valence-corrected chi connectivity index (χ2v) is 6.26. The van der Waals surface area contributed by atoms with Gasteiger partial charge in [-0.3, -0.25) is 9.59 Å². The zero-order chi connectivity index (χ0) is 19.4. The molecule has 7 heteroatoms. The molecule has 7 nitrogen and oxygen atoms in total. The van der Waals surface area contributed by atoms with E-state index in [1.165, 1.54) is 12.0 Å². The third kappa shape index (κ3) is 4.08. The maximum Gasteiger partial charge on any atom is 0.326 e. The summed E-state index contributed by atoms with van der Waals surface area (Å²) in [5, 5.41) is 12.1. The highest BCUT2D eigenvalue weighted by atomic mass is 16.5. The molecule has 1 aliphatic rings. The molecule has 2 aromatic carbocycles. The summed E-state index contributed by atoms with van der Waals surface area (Å²) in [7, 11) is 1.50. The Kier molecular flexibility index (Phi) is 5.40. The second-order valence-electron chi connectivity index (χ2n) is 6.26. The molecule has 1 heterocycles. The highest BCUT2D eigenvalue weighted by Gasteiger charge is 2.34. The van der Waals surface area contributed by atoms with Gasteiger partial charge in [0.25, 0.3) is 5.91 Å². The van der Waals surface area contributed by atoms with E-state index in [-0.39, 0.29) is 19.5 Å². The summed E-state index contributed by atoms with van der Waals surface area (Å²) in [6.45, 7) is -0.0665. The van der Waals surface area contributed by atoms with Crippen molar-refractivity contribution < 1.29 is 24.2 Å². The van der Waals surface area contributed by atoms with Gasteiger partial charge in [0.1, 0.15) is 11.8 Å². The lowest BCUT2D eigenvalue weighted by atomic mass is 9.94. The lowest BCUT2D eigenvalue weighted by Gasteiger charge is -2.34. The Bertz CT molecular complexity index is 880. The first kappa shape index (κ1) is 18.4. The van der Waals surface area contributed by atoms with Gasteiger partial charge in [0, 0.05) is 18.5 Å². The van der Waals surface area contributed by atoms with Crippen molar-refractivity contribution in [2.24, 2.45) is 0 Å². The summed E-state index contributed by atoms with van der Waals surface area (Å²) in [6, 6.07) is 13.1. The molecular formula is C20H20N2O5. The van der Waals surface area contributed by atoms with Crippen molar-refractivity contribution in [3.63, 3.8) is 0 Å². The van der Waals surface area contributed by atoms with Crippen LogP contribution in [0.3, 0.4) is 0 Å². The van der Waals surface area contributed by atoms with Gasteiger partial charge in [0.15, 0.2) is 0 Å². The Balaban J connectivity index is 1.69. The molecule has 2 amide bonds. The van der Waals surface area contributed by atoms with Crippen LogP contribution in [0.25, 0.3) is 0 Å². The average molecular weight is 368 g/mol. The summed E-state index contributed by atoms with van der Waals surface area (Å²) in [6.07, 6.45) is 0.251. The maximum atomic E-state index is 12.6. The van der Waals surface area contributed by atoms with Crippen molar-refractivity contribution in [3.05, 3.63) is 65.2 Å².